The molecule has 6 heteroatoms. The Bertz CT molecular complexity index is 1030. The first-order valence-electron chi connectivity index (χ1n) is 11.1. The van der Waals surface area contributed by atoms with Gasteiger partial charge in [0.05, 0.1) is 0 Å². The number of nitrogens with zero attached hydrogens (tertiary/aromatic N) is 1. The predicted octanol–water partition coefficient (Wildman–Crippen LogP) is 4.32. The monoisotopic (exact) mass is 433 g/mol. The Hall–Kier alpha value is -3.38. The summed E-state index contributed by atoms with van der Waals surface area (Å²) in [6.07, 6.45) is 0.196. The third-order valence-electron chi connectivity index (χ3n) is 5.36. The van der Waals surface area contributed by atoms with Crippen molar-refractivity contribution in [3.05, 3.63) is 72.3 Å². The molecule has 0 bridgehead atoms. The van der Waals surface area contributed by atoms with Crippen molar-refractivity contribution in [2.24, 2.45) is 0 Å². The highest BCUT2D eigenvalue weighted by atomic mass is 16.5. The second kappa shape index (κ2) is 11.9. The van der Waals surface area contributed by atoms with Gasteiger partial charge in [0, 0.05) is 30.8 Å². The summed E-state index contributed by atoms with van der Waals surface area (Å²) < 4.78 is 5.76. The molecule has 6 nitrogen and oxygen atoms in total. The maximum Gasteiger partial charge on any atom is 0.251 e. The van der Waals surface area contributed by atoms with Crippen molar-refractivity contribution < 1.29 is 14.3 Å². The first-order chi connectivity index (χ1) is 15.6. The van der Waals surface area contributed by atoms with Gasteiger partial charge in [0.25, 0.3) is 5.91 Å². The summed E-state index contributed by atoms with van der Waals surface area (Å²) in [5, 5.41) is 7.75. The molecule has 0 heterocycles. The lowest BCUT2D eigenvalue weighted by Crippen LogP contribution is -2.28. The minimum absolute atomic E-state index is 0.154. The summed E-state index contributed by atoms with van der Waals surface area (Å²) in [5.74, 6) is 0.437. The molecule has 0 spiro atoms. The molecule has 0 unspecified atom stereocenters. The quantitative estimate of drug-likeness (QED) is 0.473. The van der Waals surface area contributed by atoms with Gasteiger partial charge in [-0.25, -0.2) is 0 Å². The first kappa shape index (κ1) is 23.3. The first-order valence-corrected chi connectivity index (χ1v) is 11.1. The summed E-state index contributed by atoms with van der Waals surface area (Å²) in [7, 11) is 0. The van der Waals surface area contributed by atoms with Crippen LogP contribution in [0.1, 0.15) is 30.6 Å². The molecule has 2 N–H and O–H groups in total. The molecule has 0 saturated heterocycles. The molecule has 3 aromatic carbocycles. The number of benzene rings is 3. The number of nitrogens with one attached hydrogen (secondary N) is 2. The Morgan fingerprint density at radius 2 is 1.62 bits per heavy atom. The number of amides is 2. The topological polar surface area (TPSA) is 70.7 Å². The Balaban J connectivity index is 1.40. The lowest BCUT2D eigenvalue weighted by atomic mass is 10.1. The van der Waals surface area contributed by atoms with E-state index >= 15 is 0 Å². The fourth-order valence-corrected chi connectivity index (χ4v) is 3.41. The van der Waals surface area contributed by atoms with Crippen LogP contribution in [0.3, 0.4) is 0 Å². The molecule has 0 atom stereocenters. The number of anilines is 1. The van der Waals surface area contributed by atoms with Gasteiger partial charge in [-0.2, -0.15) is 0 Å². The summed E-state index contributed by atoms with van der Waals surface area (Å²) >= 11 is 0. The highest BCUT2D eigenvalue weighted by Crippen LogP contribution is 2.17. The number of hydrogen-bond acceptors (Lipinski definition) is 4. The fraction of sp³-hybridized carbons (Fsp3) is 0.308. The molecular formula is C26H31N3O3. The van der Waals surface area contributed by atoms with Crippen LogP contribution in [-0.2, 0) is 4.79 Å². The second-order valence-electron chi connectivity index (χ2n) is 7.52. The zero-order valence-electron chi connectivity index (χ0n) is 18.8. The third kappa shape index (κ3) is 6.82. The van der Waals surface area contributed by atoms with Crippen LogP contribution >= 0.6 is 0 Å². The number of likely N-dealkylation sites (N-methyl/N-ethyl adjacent to an activating group) is 1. The Morgan fingerprint density at radius 3 is 2.34 bits per heavy atom. The summed E-state index contributed by atoms with van der Waals surface area (Å²) in [6.45, 7) is 8.07. The van der Waals surface area contributed by atoms with E-state index in [1.54, 1.807) is 6.07 Å². The van der Waals surface area contributed by atoms with Crippen molar-refractivity contribution in [1.29, 1.82) is 0 Å². The van der Waals surface area contributed by atoms with Crippen LogP contribution in [-0.4, -0.2) is 49.5 Å². The molecule has 0 aliphatic carbocycles. The highest BCUT2D eigenvalue weighted by Gasteiger charge is 2.08. The molecular weight excluding hydrogens is 402 g/mol. The van der Waals surface area contributed by atoms with Crippen molar-refractivity contribution in [1.82, 2.24) is 10.2 Å². The third-order valence-corrected chi connectivity index (χ3v) is 5.36. The molecule has 0 saturated carbocycles. The van der Waals surface area contributed by atoms with Gasteiger partial charge in [0.15, 0.2) is 0 Å². The molecule has 0 aliphatic rings. The minimum atomic E-state index is -0.185. The molecule has 168 valence electrons. The number of carbonyl (C=O) groups is 2. The number of ether oxygens (including phenoxy) is 1. The van der Waals surface area contributed by atoms with Crippen molar-refractivity contribution in [2.45, 2.75) is 20.3 Å². The van der Waals surface area contributed by atoms with Gasteiger partial charge in [-0.3, -0.25) is 9.59 Å². The standard InChI is InChI=1S/C26H31N3O3/c1-3-29(4-2)17-18-32-24-13-11-23(12-14-24)28-25(30)15-16-27-26(31)22-10-9-20-7-5-6-8-21(20)19-22/h5-14,19H,3-4,15-18H2,1-2H3,(H,27,31)(H,28,30). The minimum Gasteiger partial charge on any atom is -0.492 e. The van der Waals surface area contributed by atoms with Gasteiger partial charge >= 0.3 is 0 Å². The smallest absolute Gasteiger partial charge is 0.251 e. The molecule has 3 rings (SSSR count). The molecule has 32 heavy (non-hydrogen) atoms. The van der Waals surface area contributed by atoms with Gasteiger partial charge in [-0.1, -0.05) is 44.2 Å². The maximum absolute atomic E-state index is 12.4. The van der Waals surface area contributed by atoms with E-state index in [4.69, 9.17) is 4.74 Å². The van der Waals surface area contributed by atoms with Crippen LogP contribution in [0.2, 0.25) is 0 Å². The van der Waals surface area contributed by atoms with E-state index in [1.807, 2.05) is 60.7 Å². The van der Waals surface area contributed by atoms with E-state index < -0.39 is 0 Å². The van der Waals surface area contributed by atoms with Crippen molar-refractivity contribution in [2.75, 3.05) is 38.1 Å². The van der Waals surface area contributed by atoms with E-state index in [1.165, 1.54) is 0 Å². The average Bonchev–Trinajstić information content (AvgIpc) is 2.82. The largest absolute Gasteiger partial charge is 0.492 e. The van der Waals surface area contributed by atoms with Crippen molar-refractivity contribution >= 4 is 28.3 Å². The van der Waals surface area contributed by atoms with Gasteiger partial charge in [-0.15, -0.1) is 0 Å². The fourth-order valence-electron chi connectivity index (χ4n) is 3.41. The number of rotatable bonds is 11. The number of carbonyl (C=O) groups excluding carboxylic acids is 2. The zero-order chi connectivity index (χ0) is 22.8. The summed E-state index contributed by atoms with van der Waals surface area (Å²) in [6, 6.07) is 20.8. The molecule has 0 fully saturated rings. The summed E-state index contributed by atoms with van der Waals surface area (Å²) in [5.41, 5.74) is 1.28. The van der Waals surface area contributed by atoms with Crippen LogP contribution in [0, 0.1) is 0 Å². The second-order valence-corrected chi connectivity index (χ2v) is 7.52. The average molecular weight is 434 g/mol. The molecule has 0 aromatic heterocycles. The Morgan fingerprint density at radius 1 is 0.906 bits per heavy atom. The van der Waals surface area contributed by atoms with Gasteiger partial charge in [0.1, 0.15) is 12.4 Å². The van der Waals surface area contributed by atoms with Gasteiger partial charge < -0.3 is 20.3 Å². The van der Waals surface area contributed by atoms with Crippen LogP contribution < -0.4 is 15.4 Å². The maximum atomic E-state index is 12.4. The van der Waals surface area contributed by atoms with Crippen LogP contribution in [0.25, 0.3) is 10.8 Å². The highest BCUT2D eigenvalue weighted by molar-refractivity contribution is 5.99. The van der Waals surface area contributed by atoms with Crippen LogP contribution in [0.15, 0.2) is 66.7 Å². The lowest BCUT2D eigenvalue weighted by Gasteiger charge is -2.18. The SMILES string of the molecule is CCN(CC)CCOc1ccc(NC(=O)CCNC(=O)c2ccc3ccccc3c2)cc1. The van der Waals surface area contributed by atoms with Crippen molar-refractivity contribution in [3.63, 3.8) is 0 Å². The van der Waals surface area contributed by atoms with E-state index in [0.29, 0.717) is 17.9 Å². The molecule has 0 radical (unpaired) electrons. The van der Waals surface area contributed by atoms with Crippen LogP contribution in [0.5, 0.6) is 5.75 Å². The Kier molecular flexibility index (Phi) is 8.63. The van der Waals surface area contributed by atoms with E-state index in [2.05, 4.69) is 29.4 Å². The van der Waals surface area contributed by atoms with Gasteiger partial charge in [0.2, 0.25) is 5.91 Å². The number of hydrogen-bond donors (Lipinski definition) is 2. The van der Waals surface area contributed by atoms with Crippen molar-refractivity contribution in [3.8, 4) is 5.75 Å². The zero-order valence-corrected chi connectivity index (χ0v) is 18.8. The van der Waals surface area contributed by atoms with Gasteiger partial charge in [-0.05, 0) is 60.3 Å². The van der Waals surface area contributed by atoms with E-state index in [0.717, 1.165) is 36.2 Å². The normalized spacial score (nSPS) is 10.8. The molecule has 3 aromatic rings. The van der Waals surface area contributed by atoms with E-state index in [-0.39, 0.29) is 24.8 Å². The Labute approximate surface area is 189 Å². The van der Waals surface area contributed by atoms with E-state index in [9.17, 15) is 9.59 Å². The summed E-state index contributed by atoms with van der Waals surface area (Å²) in [4.78, 5) is 26.9. The lowest BCUT2D eigenvalue weighted by molar-refractivity contribution is -0.116. The molecule has 2 amide bonds. The predicted molar refractivity (Wildman–Crippen MR) is 129 cm³/mol. The molecule has 0 aliphatic heterocycles. The number of fused-ring (bicyclic) bond motifs is 1. The van der Waals surface area contributed by atoms with Crippen LogP contribution in [0.4, 0.5) is 5.69 Å².